The van der Waals surface area contributed by atoms with Gasteiger partial charge in [-0.2, -0.15) is 0 Å². The van der Waals surface area contributed by atoms with Crippen LogP contribution in [0.5, 0.6) is 0 Å². The van der Waals surface area contributed by atoms with E-state index in [1.54, 1.807) is 0 Å². The summed E-state index contributed by atoms with van der Waals surface area (Å²) in [6.07, 6.45) is -5.46. The predicted molar refractivity (Wildman–Crippen MR) is 79.9 cm³/mol. The van der Waals surface area contributed by atoms with Gasteiger partial charge in [0.05, 0.1) is 25.4 Å². The van der Waals surface area contributed by atoms with Crippen LogP contribution >= 0.6 is 21.6 Å². The number of aliphatic hydroxyl groups excluding tert-OH is 6. The Labute approximate surface area is 135 Å². The molecule has 8 nitrogen and oxygen atoms in total. The molecule has 2 fully saturated rings. The molecule has 130 valence electrons. The minimum Gasteiger partial charge on any atom is -0.394 e. The van der Waals surface area contributed by atoms with E-state index in [0.29, 0.717) is 0 Å². The van der Waals surface area contributed by atoms with Gasteiger partial charge in [-0.05, 0) is 0 Å². The van der Waals surface area contributed by atoms with Crippen molar-refractivity contribution in [3.63, 3.8) is 0 Å². The molecular weight excluding hydrogens is 336 g/mol. The van der Waals surface area contributed by atoms with Gasteiger partial charge in [-0.3, -0.25) is 0 Å². The zero-order chi connectivity index (χ0) is 16.3. The molecule has 0 amide bonds. The second kappa shape index (κ2) is 8.47. The highest BCUT2D eigenvalue weighted by Gasteiger charge is 2.39. The summed E-state index contributed by atoms with van der Waals surface area (Å²) < 4.78 is 11.0. The minimum atomic E-state index is -1.12. The van der Waals surface area contributed by atoms with Gasteiger partial charge in [0.1, 0.15) is 35.3 Å². The fourth-order valence-electron chi connectivity index (χ4n) is 2.38. The highest BCUT2D eigenvalue weighted by molar-refractivity contribution is 8.77. The molecule has 0 spiro atoms. The van der Waals surface area contributed by atoms with Crippen LogP contribution in [0.2, 0.25) is 0 Å². The monoisotopic (exact) mass is 358 g/mol. The maximum absolute atomic E-state index is 9.74. The Bertz CT molecular complexity index is 317. The van der Waals surface area contributed by atoms with Crippen molar-refractivity contribution in [3.8, 4) is 0 Å². The van der Waals surface area contributed by atoms with Crippen molar-refractivity contribution in [2.45, 2.75) is 60.3 Å². The third-order valence-corrected chi connectivity index (χ3v) is 6.47. The summed E-state index contributed by atoms with van der Waals surface area (Å²) in [6.45, 7) is -0.783. The molecule has 0 aromatic rings. The minimum absolute atomic E-state index is 0.205. The molecule has 0 saturated carbocycles. The molecule has 0 aromatic carbocycles. The molecule has 2 aliphatic heterocycles. The van der Waals surface area contributed by atoms with Crippen molar-refractivity contribution >= 4 is 21.6 Å². The average molecular weight is 358 g/mol. The van der Waals surface area contributed by atoms with Gasteiger partial charge in [0.2, 0.25) is 0 Å². The molecule has 2 heterocycles. The first kappa shape index (κ1) is 18.7. The van der Waals surface area contributed by atoms with Crippen LogP contribution in [0.3, 0.4) is 0 Å². The summed E-state index contributed by atoms with van der Waals surface area (Å²) in [6, 6.07) is 0. The highest BCUT2D eigenvalue weighted by Crippen LogP contribution is 2.41. The molecule has 0 aliphatic carbocycles. The lowest BCUT2D eigenvalue weighted by molar-refractivity contribution is -0.157. The van der Waals surface area contributed by atoms with E-state index in [0.717, 1.165) is 0 Å². The van der Waals surface area contributed by atoms with E-state index in [4.69, 9.17) is 19.7 Å². The predicted octanol–water partition coefficient (Wildman–Crippen LogP) is -1.97. The Hall–Kier alpha value is 0.380. The molecule has 8 atom stereocenters. The lowest BCUT2D eigenvalue weighted by Crippen LogP contribution is -2.49. The van der Waals surface area contributed by atoms with Gasteiger partial charge in [0.15, 0.2) is 0 Å². The van der Waals surface area contributed by atoms with Gasteiger partial charge in [0, 0.05) is 12.8 Å². The Morgan fingerprint density at radius 3 is 1.41 bits per heavy atom. The van der Waals surface area contributed by atoms with Gasteiger partial charge in [0.25, 0.3) is 0 Å². The number of rotatable bonds is 5. The topological polar surface area (TPSA) is 140 Å². The summed E-state index contributed by atoms with van der Waals surface area (Å²) in [7, 11) is 2.51. The Morgan fingerprint density at radius 1 is 0.727 bits per heavy atom. The quantitative estimate of drug-likeness (QED) is 0.307. The molecule has 6 N–H and O–H groups in total. The zero-order valence-electron chi connectivity index (χ0n) is 11.8. The van der Waals surface area contributed by atoms with Crippen LogP contribution in [0.1, 0.15) is 12.8 Å². The summed E-state index contributed by atoms with van der Waals surface area (Å²) in [4.78, 5) is 0. The smallest absolute Gasteiger partial charge is 0.116 e. The van der Waals surface area contributed by atoms with Gasteiger partial charge >= 0.3 is 0 Å². The lowest BCUT2D eigenvalue weighted by Gasteiger charge is -2.38. The number of aliphatic hydroxyl groups is 6. The highest BCUT2D eigenvalue weighted by atomic mass is 33.1. The van der Waals surface area contributed by atoms with Crippen molar-refractivity contribution in [1.82, 2.24) is 0 Å². The van der Waals surface area contributed by atoms with Crippen molar-refractivity contribution in [2.24, 2.45) is 0 Å². The van der Waals surface area contributed by atoms with Crippen molar-refractivity contribution in [3.05, 3.63) is 0 Å². The summed E-state index contributed by atoms with van der Waals surface area (Å²) >= 11 is 0. The third-order valence-electron chi connectivity index (χ3n) is 3.70. The normalized spacial score (nSPS) is 46.6. The second-order valence-corrected chi connectivity index (χ2v) is 7.94. The van der Waals surface area contributed by atoms with E-state index in [2.05, 4.69) is 0 Å². The SMILES string of the molecule is OC[C@H]1O[C@@H](SS[C@H]2C[C@@H](O)[C@H](O)[C@@H](CO)O2)C[C@@H](O)[C@@H]1O. The molecule has 0 bridgehead atoms. The van der Waals surface area contributed by atoms with Crippen LogP contribution in [0.4, 0.5) is 0 Å². The number of hydrogen-bond acceptors (Lipinski definition) is 10. The van der Waals surface area contributed by atoms with Crippen LogP contribution in [0.25, 0.3) is 0 Å². The van der Waals surface area contributed by atoms with Gasteiger partial charge in [-0.25, -0.2) is 0 Å². The fourth-order valence-corrected chi connectivity index (χ4v) is 5.04. The van der Waals surface area contributed by atoms with Crippen molar-refractivity contribution in [2.75, 3.05) is 13.2 Å². The Balaban J connectivity index is 1.82. The van der Waals surface area contributed by atoms with E-state index >= 15 is 0 Å². The Kier molecular flexibility index (Phi) is 7.20. The van der Waals surface area contributed by atoms with E-state index in [1.807, 2.05) is 0 Å². The van der Waals surface area contributed by atoms with E-state index in [9.17, 15) is 20.4 Å². The molecule has 2 saturated heterocycles. The molecule has 10 heteroatoms. The summed E-state index contributed by atoms with van der Waals surface area (Å²) in [5.41, 5.74) is -0.888. The van der Waals surface area contributed by atoms with E-state index in [1.165, 1.54) is 21.6 Å². The van der Waals surface area contributed by atoms with Crippen molar-refractivity contribution < 1.29 is 40.1 Å². The standard InChI is InChI=1S/C12H22O8S2/c13-3-7-11(17)5(15)1-9(19-7)21-22-10-2-6(16)12(18)8(4-14)20-10/h5-18H,1-4H2/t5-,6-,7-,8-,9+,10+,11+,12+/m1/s1. The van der Waals surface area contributed by atoms with Crippen LogP contribution in [0, 0.1) is 0 Å². The Morgan fingerprint density at radius 2 is 1.09 bits per heavy atom. The third kappa shape index (κ3) is 4.47. The fraction of sp³-hybridized carbons (Fsp3) is 1.00. The summed E-state index contributed by atoms with van der Waals surface area (Å²) in [5, 5.41) is 57.0. The first-order valence-electron chi connectivity index (χ1n) is 7.03. The average Bonchev–Trinajstić information content (AvgIpc) is 2.51. The van der Waals surface area contributed by atoms with Crippen LogP contribution < -0.4 is 0 Å². The zero-order valence-corrected chi connectivity index (χ0v) is 13.4. The molecule has 2 rings (SSSR count). The van der Waals surface area contributed by atoms with E-state index < -0.39 is 60.7 Å². The second-order valence-electron chi connectivity index (χ2n) is 5.35. The van der Waals surface area contributed by atoms with Crippen LogP contribution in [-0.2, 0) is 9.47 Å². The molecule has 0 aromatic heterocycles. The van der Waals surface area contributed by atoms with Gasteiger partial charge in [-0.1, -0.05) is 21.6 Å². The largest absolute Gasteiger partial charge is 0.394 e. The molecule has 0 unspecified atom stereocenters. The maximum Gasteiger partial charge on any atom is 0.116 e. The van der Waals surface area contributed by atoms with E-state index in [-0.39, 0.29) is 12.8 Å². The van der Waals surface area contributed by atoms with Crippen molar-refractivity contribution in [1.29, 1.82) is 0 Å². The van der Waals surface area contributed by atoms with Gasteiger partial charge < -0.3 is 40.1 Å². The molecule has 2 aliphatic rings. The molecular formula is C12H22O8S2. The number of hydrogen-bond donors (Lipinski definition) is 6. The molecule has 22 heavy (non-hydrogen) atoms. The first-order valence-corrected chi connectivity index (χ1v) is 9.31. The number of ether oxygens (including phenoxy) is 2. The van der Waals surface area contributed by atoms with Gasteiger partial charge in [-0.15, -0.1) is 0 Å². The van der Waals surface area contributed by atoms with Crippen LogP contribution in [-0.4, -0.2) is 91.3 Å². The summed E-state index contributed by atoms with van der Waals surface area (Å²) in [5.74, 6) is 0. The van der Waals surface area contributed by atoms with Crippen LogP contribution in [0.15, 0.2) is 0 Å². The maximum atomic E-state index is 9.74. The molecule has 0 radical (unpaired) electrons. The lowest BCUT2D eigenvalue weighted by atomic mass is 10.0. The first-order chi connectivity index (χ1) is 10.5.